The molecule has 6 aromatic rings. The lowest BCUT2D eigenvalue weighted by Crippen LogP contribution is -2.52. The molecule has 15 heteroatoms. The van der Waals surface area contributed by atoms with Crippen molar-refractivity contribution >= 4 is 64.3 Å². The van der Waals surface area contributed by atoms with Crippen LogP contribution in [0.5, 0.6) is 0 Å². The highest BCUT2D eigenvalue weighted by Crippen LogP contribution is 2.31. The molecule has 2 aliphatic rings. The zero-order valence-electron chi connectivity index (χ0n) is 34.0. The number of hydrogen-bond donors (Lipinski definition) is 5. The second-order valence-corrected chi connectivity index (χ2v) is 17.7. The zero-order chi connectivity index (χ0) is 39.3. The molecular formula is C42H59Cl3N12. The molecule has 57 heavy (non-hydrogen) atoms. The number of aromatic nitrogens is 8. The van der Waals surface area contributed by atoms with Crippen molar-refractivity contribution in [2.75, 3.05) is 31.1 Å². The second kappa shape index (κ2) is 19.2. The molecule has 0 radical (unpaired) electrons. The zero-order valence-corrected chi connectivity index (χ0v) is 36.4. The van der Waals surface area contributed by atoms with Gasteiger partial charge in [0.25, 0.3) is 0 Å². The van der Waals surface area contributed by atoms with Crippen molar-refractivity contribution in [2.24, 2.45) is 11.5 Å². The summed E-state index contributed by atoms with van der Waals surface area (Å²) in [5.74, 6) is 0.949. The van der Waals surface area contributed by atoms with E-state index in [0.717, 1.165) is 86.9 Å². The maximum absolute atomic E-state index is 6.77. The molecule has 2 aliphatic heterocycles. The Bertz CT molecular complexity index is 2120. The molecule has 6 heterocycles. The number of hydrogen-bond acceptors (Lipinski definition) is 10. The van der Waals surface area contributed by atoms with E-state index in [2.05, 4.69) is 141 Å². The minimum Gasteiger partial charge on any atom is -0.356 e. The molecule has 0 amide bonds. The minimum atomic E-state index is -0.164. The number of H-pyrrole nitrogens is 2. The van der Waals surface area contributed by atoms with Gasteiger partial charge in [-0.15, -0.1) is 24.8 Å². The molecule has 8 rings (SSSR count). The minimum absolute atomic E-state index is 0. The fourth-order valence-electron chi connectivity index (χ4n) is 7.24. The van der Waals surface area contributed by atoms with Gasteiger partial charge in [-0.1, -0.05) is 102 Å². The van der Waals surface area contributed by atoms with Gasteiger partial charge in [0.05, 0.1) is 23.2 Å². The lowest BCUT2D eigenvalue weighted by molar-refractivity contribution is 0.308. The summed E-state index contributed by atoms with van der Waals surface area (Å²) in [6, 6.07) is 17.9. The number of nitrogens with one attached hydrogen (secondary N) is 3. The molecule has 0 unspecified atom stereocenters. The molecule has 12 nitrogen and oxygen atoms in total. The van der Waals surface area contributed by atoms with Crippen molar-refractivity contribution in [2.45, 2.75) is 102 Å². The molecular weight excluding hydrogens is 779 g/mol. The van der Waals surface area contributed by atoms with Gasteiger partial charge in [0.15, 0.2) is 11.3 Å². The predicted octanol–water partition coefficient (Wildman–Crippen LogP) is 7.65. The number of nitrogens with zero attached hydrogens (tertiary/aromatic N) is 7. The van der Waals surface area contributed by atoms with E-state index in [4.69, 9.17) is 23.1 Å². The van der Waals surface area contributed by atoms with Crippen LogP contribution in [0.1, 0.15) is 89.5 Å². The molecule has 0 saturated carbocycles. The average molecular weight is 838 g/mol. The van der Waals surface area contributed by atoms with Gasteiger partial charge in [-0.25, -0.2) is 19.9 Å². The van der Waals surface area contributed by atoms with Crippen molar-refractivity contribution in [3.63, 3.8) is 0 Å². The Morgan fingerprint density at radius 1 is 0.632 bits per heavy atom. The van der Waals surface area contributed by atoms with Gasteiger partial charge in [-0.3, -0.25) is 10.2 Å². The van der Waals surface area contributed by atoms with Crippen molar-refractivity contribution in [1.82, 2.24) is 45.6 Å². The molecule has 308 valence electrons. The summed E-state index contributed by atoms with van der Waals surface area (Å²) in [6.07, 6.45) is 12.3. The SMILES string of the molecule is CC(C)(C)c1ccc(CC2(N)CCN(c3ncnc4[nH]ncc34)CC2)cc1.CC(C)(C)c1ccc(CC2(N)CCNCC2)cc1.Cl.Cl.Clc1ncnc2[nH]ncc12. The third kappa shape index (κ3) is 12.1. The third-order valence-electron chi connectivity index (χ3n) is 10.8. The smallest absolute Gasteiger partial charge is 0.160 e. The Balaban J connectivity index is 0.000000207. The summed E-state index contributed by atoms with van der Waals surface area (Å²) in [6.45, 7) is 17.4. The van der Waals surface area contributed by atoms with Crippen LogP contribution in [0.25, 0.3) is 22.1 Å². The second-order valence-electron chi connectivity index (χ2n) is 17.3. The number of anilines is 1. The van der Waals surface area contributed by atoms with E-state index in [9.17, 15) is 0 Å². The highest BCUT2D eigenvalue weighted by molar-refractivity contribution is 6.33. The van der Waals surface area contributed by atoms with Crippen LogP contribution in [-0.4, -0.2) is 77.6 Å². The number of piperidine rings is 2. The fourth-order valence-corrected chi connectivity index (χ4v) is 7.42. The average Bonchev–Trinajstić information content (AvgIpc) is 3.84. The first-order valence-electron chi connectivity index (χ1n) is 19.3. The summed E-state index contributed by atoms with van der Waals surface area (Å²) < 4.78 is 0. The van der Waals surface area contributed by atoms with Crippen LogP contribution in [0.3, 0.4) is 0 Å². The summed E-state index contributed by atoms with van der Waals surface area (Å²) in [4.78, 5) is 18.7. The Morgan fingerprint density at radius 3 is 1.54 bits per heavy atom. The molecule has 0 bridgehead atoms. The first kappa shape index (κ1) is 45.8. The molecule has 2 saturated heterocycles. The maximum Gasteiger partial charge on any atom is 0.160 e. The standard InChI is InChI=1S/C21H28N6.C16H26N2.C5H3ClN4.2ClH/c1-20(2,3)16-6-4-15(5-7-16)12-21(22)8-10-27(11-9-21)19-17-13-25-26-18(17)23-14-24-19;1-15(2,3)14-6-4-13(5-7-14)12-16(17)8-10-18-11-9-16;6-4-3-1-9-10-5(3)8-2-7-4;;/h4-7,13-14H,8-12,22H2,1-3H3,(H,23,24,25,26);4-7,18H,8-12,17H2,1-3H3;1-2H,(H,7,8,9,10);2*1H. The highest BCUT2D eigenvalue weighted by atomic mass is 35.5. The van der Waals surface area contributed by atoms with E-state index in [-0.39, 0.29) is 46.7 Å². The molecule has 7 N–H and O–H groups in total. The first-order chi connectivity index (χ1) is 26.1. The number of halogens is 3. The van der Waals surface area contributed by atoms with Gasteiger partial charge in [-0.05, 0) is 84.7 Å². The number of fused-ring (bicyclic) bond motifs is 2. The Labute approximate surface area is 354 Å². The Kier molecular flexibility index (Phi) is 15.4. The third-order valence-corrected chi connectivity index (χ3v) is 11.1. The van der Waals surface area contributed by atoms with E-state index in [1.54, 1.807) is 18.7 Å². The van der Waals surface area contributed by atoms with Gasteiger partial charge >= 0.3 is 0 Å². The van der Waals surface area contributed by atoms with E-state index < -0.39 is 0 Å². The van der Waals surface area contributed by atoms with Gasteiger partial charge in [0.2, 0.25) is 0 Å². The quantitative estimate of drug-likeness (QED) is 0.109. The molecule has 2 fully saturated rings. The van der Waals surface area contributed by atoms with Crippen LogP contribution in [0.2, 0.25) is 5.15 Å². The van der Waals surface area contributed by atoms with Crippen LogP contribution < -0.4 is 21.7 Å². The summed E-state index contributed by atoms with van der Waals surface area (Å²) in [5, 5.41) is 19.0. The summed E-state index contributed by atoms with van der Waals surface area (Å²) >= 11 is 5.69. The van der Waals surface area contributed by atoms with Crippen LogP contribution in [0.4, 0.5) is 5.82 Å². The Hall–Kier alpha value is -3.91. The highest BCUT2D eigenvalue weighted by Gasteiger charge is 2.32. The Morgan fingerprint density at radius 2 is 1.07 bits per heavy atom. The van der Waals surface area contributed by atoms with Crippen molar-refractivity contribution in [1.29, 1.82) is 0 Å². The van der Waals surface area contributed by atoms with E-state index in [1.807, 2.05) is 0 Å². The predicted molar refractivity (Wildman–Crippen MR) is 238 cm³/mol. The largest absolute Gasteiger partial charge is 0.356 e. The van der Waals surface area contributed by atoms with Gasteiger partial charge in [0, 0.05) is 24.2 Å². The maximum atomic E-state index is 6.77. The normalized spacial score (nSPS) is 16.3. The fraction of sp³-hybridized carbons (Fsp3) is 0.476. The van der Waals surface area contributed by atoms with Crippen molar-refractivity contribution < 1.29 is 0 Å². The summed E-state index contributed by atoms with van der Waals surface area (Å²) in [5.41, 5.74) is 20.4. The van der Waals surface area contributed by atoms with Crippen LogP contribution in [0, 0.1) is 0 Å². The van der Waals surface area contributed by atoms with Crippen LogP contribution in [-0.2, 0) is 23.7 Å². The number of rotatable bonds is 5. The van der Waals surface area contributed by atoms with Crippen molar-refractivity contribution in [3.8, 4) is 0 Å². The van der Waals surface area contributed by atoms with E-state index in [0.29, 0.717) is 10.8 Å². The lowest BCUT2D eigenvalue weighted by Gasteiger charge is -2.40. The topological polar surface area (TPSA) is 176 Å². The van der Waals surface area contributed by atoms with Crippen LogP contribution in [0.15, 0.2) is 73.6 Å². The number of nitrogens with two attached hydrogens (primary N) is 2. The molecule has 0 spiro atoms. The summed E-state index contributed by atoms with van der Waals surface area (Å²) in [7, 11) is 0. The molecule has 0 aliphatic carbocycles. The first-order valence-corrected chi connectivity index (χ1v) is 19.6. The lowest BCUT2D eigenvalue weighted by atomic mass is 9.81. The molecule has 4 aromatic heterocycles. The van der Waals surface area contributed by atoms with Gasteiger partial charge < -0.3 is 21.7 Å². The van der Waals surface area contributed by atoms with E-state index >= 15 is 0 Å². The van der Waals surface area contributed by atoms with Crippen molar-refractivity contribution in [3.05, 3.63) is 101 Å². The van der Waals surface area contributed by atoms with Gasteiger partial charge in [-0.2, -0.15) is 10.2 Å². The van der Waals surface area contributed by atoms with Crippen LogP contribution >= 0.6 is 36.4 Å². The molecule has 0 atom stereocenters. The monoisotopic (exact) mass is 836 g/mol. The number of aromatic amines is 2. The van der Waals surface area contributed by atoms with E-state index in [1.165, 1.54) is 28.6 Å². The van der Waals surface area contributed by atoms with Gasteiger partial charge in [0.1, 0.15) is 23.6 Å². The number of benzene rings is 2. The molecule has 2 aromatic carbocycles.